The van der Waals surface area contributed by atoms with E-state index in [1.807, 2.05) is 0 Å². The van der Waals surface area contributed by atoms with E-state index in [-0.39, 0.29) is 17.9 Å². The first kappa shape index (κ1) is 12.7. The zero-order valence-corrected chi connectivity index (χ0v) is 9.34. The van der Waals surface area contributed by atoms with E-state index in [1.165, 1.54) is 7.11 Å². The Bertz CT molecular complexity index is 403. The fraction of sp³-hybridized carbons (Fsp3) is 0.455. The number of phenols is 1. The van der Waals surface area contributed by atoms with Gasteiger partial charge in [-0.1, -0.05) is 13.8 Å². The summed E-state index contributed by atoms with van der Waals surface area (Å²) in [7, 11) is 1.21. The Balaban J connectivity index is 3.57. The summed E-state index contributed by atoms with van der Waals surface area (Å²) in [5.41, 5.74) is -1.08. The van der Waals surface area contributed by atoms with Crippen molar-refractivity contribution in [3.63, 3.8) is 0 Å². The van der Waals surface area contributed by atoms with Crippen molar-refractivity contribution in [2.24, 2.45) is 0 Å². The van der Waals surface area contributed by atoms with Crippen molar-refractivity contribution >= 4 is 0 Å². The highest BCUT2D eigenvalue weighted by molar-refractivity contribution is 5.50. The molecule has 0 aliphatic rings. The molecular weight excluding hydrogens is 218 g/mol. The lowest BCUT2D eigenvalue weighted by Crippen LogP contribution is -2.24. The number of hydrogen-bond donors (Lipinski definition) is 2. The summed E-state index contributed by atoms with van der Waals surface area (Å²) in [6.45, 7) is 2.72. The maximum absolute atomic E-state index is 13.4. The molecule has 0 bridgehead atoms. The third-order valence-electron chi connectivity index (χ3n) is 2.44. The van der Waals surface area contributed by atoms with Crippen LogP contribution in [0, 0.1) is 11.6 Å². The Hall–Kier alpha value is -1.36. The fourth-order valence-electron chi connectivity index (χ4n) is 1.50. The van der Waals surface area contributed by atoms with Crippen molar-refractivity contribution in [3.8, 4) is 11.5 Å². The molecule has 1 rings (SSSR count). The number of phenolic OH excluding ortho intramolecular Hbond substituents is 1. The van der Waals surface area contributed by atoms with Gasteiger partial charge in [0.05, 0.1) is 13.7 Å². The highest BCUT2D eigenvalue weighted by atomic mass is 19.1. The minimum absolute atomic E-state index is 0.0741. The molecule has 0 aromatic heterocycles. The van der Waals surface area contributed by atoms with Crippen LogP contribution in [0.4, 0.5) is 8.78 Å². The van der Waals surface area contributed by atoms with Gasteiger partial charge in [-0.15, -0.1) is 0 Å². The van der Waals surface area contributed by atoms with E-state index in [0.29, 0.717) is 6.07 Å². The van der Waals surface area contributed by atoms with Crippen molar-refractivity contribution in [2.45, 2.75) is 19.3 Å². The summed E-state index contributed by atoms with van der Waals surface area (Å²) < 4.78 is 31.4. The van der Waals surface area contributed by atoms with E-state index in [1.54, 1.807) is 13.8 Å². The van der Waals surface area contributed by atoms with Gasteiger partial charge in [0.1, 0.15) is 0 Å². The van der Waals surface area contributed by atoms with Gasteiger partial charge in [0, 0.05) is 17.0 Å². The van der Waals surface area contributed by atoms with E-state index in [4.69, 9.17) is 9.84 Å². The van der Waals surface area contributed by atoms with Crippen LogP contribution in [0.2, 0.25) is 0 Å². The van der Waals surface area contributed by atoms with Crippen LogP contribution in [0.5, 0.6) is 11.5 Å². The first-order chi connectivity index (χ1) is 7.35. The van der Waals surface area contributed by atoms with Gasteiger partial charge in [0.2, 0.25) is 0 Å². The second-order valence-electron chi connectivity index (χ2n) is 4.14. The SMILES string of the molecule is COc1c(F)cc(F)c(O)c1C(C)(C)CO. The standard InChI is InChI=1S/C11H14F2O3/c1-11(2,5-14)8-9(15)6(12)4-7(13)10(8)16-3/h4,14-15H,5H2,1-3H3. The summed E-state index contributed by atoms with van der Waals surface area (Å²) in [6.07, 6.45) is 0. The molecule has 0 fully saturated rings. The number of ether oxygens (including phenoxy) is 1. The number of rotatable bonds is 3. The molecule has 0 radical (unpaired) electrons. The first-order valence-corrected chi connectivity index (χ1v) is 4.71. The van der Waals surface area contributed by atoms with E-state index < -0.39 is 22.8 Å². The molecule has 1 aromatic carbocycles. The predicted molar refractivity (Wildman–Crippen MR) is 54.7 cm³/mol. The molecule has 0 aliphatic heterocycles. The molecule has 0 spiro atoms. The maximum Gasteiger partial charge on any atom is 0.168 e. The number of aliphatic hydroxyl groups excluding tert-OH is 1. The summed E-state index contributed by atoms with van der Waals surface area (Å²) in [5.74, 6) is -2.93. The topological polar surface area (TPSA) is 49.7 Å². The Morgan fingerprint density at radius 3 is 2.31 bits per heavy atom. The minimum atomic E-state index is -1.07. The lowest BCUT2D eigenvalue weighted by atomic mass is 9.84. The van der Waals surface area contributed by atoms with E-state index >= 15 is 0 Å². The molecule has 0 saturated heterocycles. The average Bonchev–Trinajstić information content (AvgIpc) is 2.22. The summed E-state index contributed by atoms with van der Waals surface area (Å²) in [4.78, 5) is 0. The van der Waals surface area contributed by atoms with Crippen LogP contribution in [0.15, 0.2) is 6.07 Å². The second kappa shape index (κ2) is 4.25. The molecule has 0 atom stereocenters. The average molecular weight is 232 g/mol. The van der Waals surface area contributed by atoms with Crippen LogP contribution in [0.3, 0.4) is 0 Å². The molecule has 16 heavy (non-hydrogen) atoms. The van der Waals surface area contributed by atoms with Crippen LogP contribution >= 0.6 is 0 Å². The van der Waals surface area contributed by atoms with E-state index in [0.717, 1.165) is 0 Å². The normalized spacial score (nSPS) is 11.6. The van der Waals surface area contributed by atoms with Gasteiger partial charge < -0.3 is 14.9 Å². The molecule has 3 nitrogen and oxygen atoms in total. The molecule has 0 amide bonds. The van der Waals surface area contributed by atoms with Crippen LogP contribution in [-0.2, 0) is 5.41 Å². The molecule has 5 heteroatoms. The molecule has 0 saturated carbocycles. The largest absolute Gasteiger partial charge is 0.505 e. The highest BCUT2D eigenvalue weighted by Gasteiger charge is 2.31. The molecule has 0 aliphatic carbocycles. The Labute approximate surface area is 92.3 Å². The monoisotopic (exact) mass is 232 g/mol. The van der Waals surface area contributed by atoms with Crippen molar-refractivity contribution in [3.05, 3.63) is 23.3 Å². The van der Waals surface area contributed by atoms with E-state index in [9.17, 15) is 13.9 Å². The zero-order valence-electron chi connectivity index (χ0n) is 9.34. The van der Waals surface area contributed by atoms with Crippen LogP contribution < -0.4 is 4.74 Å². The van der Waals surface area contributed by atoms with Crippen LogP contribution in [0.25, 0.3) is 0 Å². The molecule has 2 N–H and O–H groups in total. The van der Waals surface area contributed by atoms with Gasteiger partial charge in [0.15, 0.2) is 23.1 Å². The molecule has 90 valence electrons. The third-order valence-corrected chi connectivity index (χ3v) is 2.44. The highest BCUT2D eigenvalue weighted by Crippen LogP contribution is 2.41. The predicted octanol–water partition coefficient (Wildman–Crippen LogP) is 1.95. The number of benzene rings is 1. The van der Waals surface area contributed by atoms with Gasteiger partial charge in [-0.05, 0) is 0 Å². The molecular formula is C11H14F2O3. The number of methoxy groups -OCH3 is 1. The third kappa shape index (κ3) is 1.95. The summed E-state index contributed by atoms with van der Waals surface area (Å²) >= 11 is 0. The molecule has 0 heterocycles. The van der Waals surface area contributed by atoms with Gasteiger partial charge >= 0.3 is 0 Å². The lowest BCUT2D eigenvalue weighted by Gasteiger charge is -2.25. The smallest absolute Gasteiger partial charge is 0.168 e. The fourth-order valence-corrected chi connectivity index (χ4v) is 1.50. The van der Waals surface area contributed by atoms with Gasteiger partial charge in [-0.25, -0.2) is 8.78 Å². The van der Waals surface area contributed by atoms with Gasteiger partial charge in [-0.2, -0.15) is 0 Å². The Morgan fingerprint density at radius 2 is 1.88 bits per heavy atom. The van der Waals surface area contributed by atoms with Gasteiger partial charge in [0.25, 0.3) is 0 Å². The van der Waals surface area contributed by atoms with Crippen molar-refractivity contribution in [1.29, 1.82) is 0 Å². The minimum Gasteiger partial charge on any atom is -0.505 e. The van der Waals surface area contributed by atoms with Crippen molar-refractivity contribution in [2.75, 3.05) is 13.7 Å². The summed E-state index contributed by atoms with van der Waals surface area (Å²) in [5, 5.41) is 18.7. The van der Waals surface area contributed by atoms with E-state index in [2.05, 4.69) is 0 Å². The van der Waals surface area contributed by atoms with Crippen LogP contribution in [-0.4, -0.2) is 23.9 Å². The quantitative estimate of drug-likeness (QED) is 0.837. The molecule has 0 unspecified atom stereocenters. The first-order valence-electron chi connectivity index (χ1n) is 4.71. The van der Waals surface area contributed by atoms with Crippen molar-refractivity contribution in [1.82, 2.24) is 0 Å². The Morgan fingerprint density at radius 1 is 1.31 bits per heavy atom. The maximum atomic E-state index is 13.4. The number of aliphatic hydroxyl groups is 1. The van der Waals surface area contributed by atoms with Gasteiger partial charge in [-0.3, -0.25) is 0 Å². The van der Waals surface area contributed by atoms with Crippen LogP contribution in [0.1, 0.15) is 19.4 Å². The Kier molecular flexibility index (Phi) is 3.38. The summed E-state index contributed by atoms with van der Waals surface area (Å²) in [6, 6.07) is 0.547. The number of halogens is 2. The number of hydrogen-bond acceptors (Lipinski definition) is 3. The molecule has 1 aromatic rings. The second-order valence-corrected chi connectivity index (χ2v) is 4.14. The van der Waals surface area contributed by atoms with Crippen molar-refractivity contribution < 1.29 is 23.7 Å². The zero-order chi connectivity index (χ0) is 12.5. The number of aromatic hydroxyl groups is 1. The lowest BCUT2D eigenvalue weighted by molar-refractivity contribution is 0.208.